The molecule has 1 aromatic rings. The Morgan fingerprint density at radius 2 is 2.11 bits per heavy atom. The van der Waals surface area contributed by atoms with Gasteiger partial charge in [-0.05, 0) is 11.6 Å². The van der Waals surface area contributed by atoms with Crippen LogP contribution in [0, 0.1) is 5.92 Å². The number of carbonyl (C=O) groups is 2. The first kappa shape index (κ1) is 12.5. The minimum absolute atomic E-state index is 0.0495. The van der Waals surface area contributed by atoms with Crippen molar-refractivity contribution >= 4 is 23.6 Å². The van der Waals surface area contributed by atoms with Crippen LogP contribution in [0.3, 0.4) is 0 Å². The summed E-state index contributed by atoms with van der Waals surface area (Å²) in [7, 11) is 0. The molecule has 1 amide bonds. The highest BCUT2D eigenvalue weighted by molar-refractivity contribution is 6.33. The minimum Gasteiger partial charge on any atom is -0.300 e. The van der Waals surface area contributed by atoms with Crippen molar-refractivity contribution in [2.75, 3.05) is 11.4 Å². The molecule has 4 nitrogen and oxygen atoms in total. The number of rotatable bonds is 3. The van der Waals surface area contributed by atoms with Gasteiger partial charge in [0.15, 0.2) is 5.78 Å². The lowest BCUT2D eigenvalue weighted by Crippen LogP contribution is -2.37. The maximum Gasteiger partial charge on any atom is 0.269 e. The molecule has 0 saturated heterocycles. The summed E-state index contributed by atoms with van der Waals surface area (Å²) >= 11 is 0. The van der Waals surface area contributed by atoms with Gasteiger partial charge in [0.25, 0.3) is 5.91 Å². The van der Waals surface area contributed by atoms with Gasteiger partial charge in [-0.2, -0.15) is 0 Å². The molecular weight excluding hydrogens is 228 g/mol. The van der Waals surface area contributed by atoms with Gasteiger partial charge in [0, 0.05) is 11.6 Å². The van der Waals surface area contributed by atoms with Crippen molar-refractivity contribution in [3.8, 4) is 0 Å². The first-order valence-electron chi connectivity index (χ1n) is 6.01. The van der Waals surface area contributed by atoms with Crippen molar-refractivity contribution < 1.29 is 9.59 Å². The molecule has 0 unspecified atom stereocenters. The van der Waals surface area contributed by atoms with Gasteiger partial charge < -0.3 is 0 Å². The van der Waals surface area contributed by atoms with Crippen LogP contribution in [0.4, 0.5) is 5.69 Å². The van der Waals surface area contributed by atoms with Crippen molar-refractivity contribution in [2.24, 2.45) is 10.9 Å². The van der Waals surface area contributed by atoms with Crippen molar-refractivity contribution in [3.63, 3.8) is 0 Å². The molecule has 1 heterocycles. The first-order valence-corrected chi connectivity index (χ1v) is 6.01. The number of benzene rings is 1. The summed E-state index contributed by atoms with van der Waals surface area (Å²) in [4.78, 5) is 29.4. The Hall–Kier alpha value is -1.97. The van der Waals surface area contributed by atoms with Crippen LogP contribution in [0.5, 0.6) is 0 Å². The van der Waals surface area contributed by atoms with Gasteiger partial charge in [-0.25, -0.2) is 0 Å². The highest BCUT2D eigenvalue weighted by Gasteiger charge is 2.22. The van der Waals surface area contributed by atoms with Crippen molar-refractivity contribution in [2.45, 2.75) is 20.4 Å². The number of hydrogen-bond acceptors (Lipinski definition) is 3. The van der Waals surface area contributed by atoms with Crippen molar-refractivity contribution in [1.29, 1.82) is 0 Å². The zero-order chi connectivity index (χ0) is 13.1. The number of amides is 1. The number of hydrogen-bond donors (Lipinski definition) is 0. The third-order valence-electron chi connectivity index (χ3n) is 2.97. The van der Waals surface area contributed by atoms with E-state index in [1.807, 2.05) is 38.1 Å². The lowest BCUT2D eigenvalue weighted by atomic mass is 10.1. The summed E-state index contributed by atoms with van der Waals surface area (Å²) in [6.45, 7) is 4.27. The number of fused-ring (bicyclic) bond motifs is 1. The number of Topliss-reactive ketones (excluding diaryl/α,β-unsaturated/α-hetero) is 1. The van der Waals surface area contributed by atoms with Gasteiger partial charge in [-0.3, -0.25) is 19.5 Å². The molecule has 0 N–H and O–H groups in total. The molecule has 0 aromatic heterocycles. The molecule has 0 radical (unpaired) electrons. The third kappa shape index (κ3) is 2.47. The van der Waals surface area contributed by atoms with E-state index in [1.54, 1.807) is 0 Å². The summed E-state index contributed by atoms with van der Waals surface area (Å²) in [5.41, 5.74) is 1.75. The summed E-state index contributed by atoms with van der Waals surface area (Å²) in [6, 6.07) is 7.56. The predicted octanol–water partition coefficient (Wildman–Crippen LogP) is 1.83. The van der Waals surface area contributed by atoms with E-state index in [0.717, 1.165) is 11.3 Å². The van der Waals surface area contributed by atoms with E-state index < -0.39 is 0 Å². The Morgan fingerprint density at radius 3 is 2.83 bits per heavy atom. The molecule has 2 rings (SSSR count). The Labute approximate surface area is 106 Å². The Bertz CT molecular complexity index is 506. The summed E-state index contributed by atoms with van der Waals surface area (Å²) in [5.74, 6) is -0.257. The Kier molecular flexibility index (Phi) is 3.55. The van der Waals surface area contributed by atoms with E-state index in [4.69, 9.17) is 0 Å². The van der Waals surface area contributed by atoms with Gasteiger partial charge >= 0.3 is 0 Å². The SMILES string of the molecule is CC(C)C(=O)CN1C(=O)C=NCc2ccccc21. The largest absolute Gasteiger partial charge is 0.300 e. The second kappa shape index (κ2) is 5.12. The van der Waals surface area contributed by atoms with Gasteiger partial charge in [-0.1, -0.05) is 32.0 Å². The molecule has 0 spiro atoms. The number of carbonyl (C=O) groups excluding carboxylic acids is 2. The van der Waals surface area contributed by atoms with Gasteiger partial charge in [0.2, 0.25) is 0 Å². The molecule has 0 atom stereocenters. The molecule has 4 heteroatoms. The van der Waals surface area contributed by atoms with Crippen LogP contribution in [0.15, 0.2) is 29.3 Å². The number of anilines is 1. The quantitative estimate of drug-likeness (QED) is 0.814. The van der Waals surface area contributed by atoms with Crippen molar-refractivity contribution in [3.05, 3.63) is 29.8 Å². The van der Waals surface area contributed by atoms with Crippen LogP contribution < -0.4 is 4.90 Å². The van der Waals surface area contributed by atoms with Crippen LogP contribution in [0.1, 0.15) is 19.4 Å². The molecule has 18 heavy (non-hydrogen) atoms. The minimum atomic E-state index is -0.228. The first-order chi connectivity index (χ1) is 8.59. The number of para-hydroxylation sites is 1. The number of nitrogens with zero attached hydrogens (tertiary/aromatic N) is 2. The lowest BCUT2D eigenvalue weighted by molar-refractivity contribution is -0.122. The fourth-order valence-corrected chi connectivity index (χ4v) is 1.82. The van der Waals surface area contributed by atoms with Gasteiger partial charge in [-0.15, -0.1) is 0 Å². The van der Waals surface area contributed by atoms with E-state index in [0.29, 0.717) is 6.54 Å². The lowest BCUT2D eigenvalue weighted by Gasteiger charge is -2.22. The maximum absolute atomic E-state index is 12.0. The monoisotopic (exact) mass is 244 g/mol. The molecule has 0 saturated carbocycles. The molecule has 94 valence electrons. The second-order valence-electron chi connectivity index (χ2n) is 4.64. The van der Waals surface area contributed by atoms with Crippen LogP contribution >= 0.6 is 0 Å². The Balaban J connectivity index is 2.35. The fraction of sp³-hybridized carbons (Fsp3) is 0.357. The second-order valence-corrected chi connectivity index (χ2v) is 4.64. The number of aliphatic imine (C=N–C) groups is 1. The molecule has 0 bridgehead atoms. The van der Waals surface area contributed by atoms with Gasteiger partial charge in [0.1, 0.15) is 0 Å². The molecule has 1 aliphatic heterocycles. The van der Waals surface area contributed by atoms with E-state index >= 15 is 0 Å². The predicted molar refractivity (Wildman–Crippen MR) is 70.8 cm³/mol. The fourth-order valence-electron chi connectivity index (χ4n) is 1.82. The molecular formula is C14H16N2O2. The standard InChI is InChI=1S/C14H16N2O2/c1-10(2)13(17)9-16-12-6-4-3-5-11(12)7-15-8-14(16)18/h3-6,8,10H,7,9H2,1-2H3. The summed E-state index contributed by atoms with van der Waals surface area (Å²) in [6.07, 6.45) is 1.30. The van der Waals surface area contributed by atoms with Crippen LogP contribution in [0.25, 0.3) is 0 Å². The highest BCUT2D eigenvalue weighted by atomic mass is 16.2. The van der Waals surface area contributed by atoms with Crippen molar-refractivity contribution in [1.82, 2.24) is 0 Å². The average Bonchev–Trinajstić information content (AvgIpc) is 2.50. The molecule has 0 fully saturated rings. The Morgan fingerprint density at radius 1 is 1.39 bits per heavy atom. The third-order valence-corrected chi connectivity index (χ3v) is 2.97. The molecule has 1 aliphatic rings. The zero-order valence-electron chi connectivity index (χ0n) is 10.6. The van der Waals surface area contributed by atoms with Crippen LogP contribution in [-0.4, -0.2) is 24.4 Å². The molecule has 0 aliphatic carbocycles. The summed E-state index contributed by atoms with van der Waals surface area (Å²) in [5, 5.41) is 0. The smallest absolute Gasteiger partial charge is 0.269 e. The summed E-state index contributed by atoms with van der Waals surface area (Å²) < 4.78 is 0. The number of ketones is 1. The van der Waals surface area contributed by atoms with Gasteiger partial charge in [0.05, 0.1) is 19.3 Å². The van der Waals surface area contributed by atoms with E-state index in [1.165, 1.54) is 11.1 Å². The van der Waals surface area contributed by atoms with E-state index in [-0.39, 0.29) is 24.2 Å². The topological polar surface area (TPSA) is 49.7 Å². The van der Waals surface area contributed by atoms with E-state index in [9.17, 15) is 9.59 Å². The highest BCUT2D eigenvalue weighted by Crippen LogP contribution is 2.23. The average molecular weight is 244 g/mol. The zero-order valence-corrected chi connectivity index (χ0v) is 10.6. The van der Waals surface area contributed by atoms with Crippen LogP contribution in [-0.2, 0) is 16.1 Å². The van der Waals surface area contributed by atoms with Crippen LogP contribution in [0.2, 0.25) is 0 Å². The normalized spacial score (nSPS) is 14.6. The maximum atomic E-state index is 12.0. The van der Waals surface area contributed by atoms with E-state index in [2.05, 4.69) is 4.99 Å². The molecule has 1 aromatic carbocycles.